The van der Waals surface area contributed by atoms with E-state index >= 15 is 0 Å². The molecule has 1 amide bonds. The van der Waals surface area contributed by atoms with Gasteiger partial charge in [0.1, 0.15) is 0 Å². The van der Waals surface area contributed by atoms with Crippen LogP contribution in [-0.2, 0) is 4.79 Å². The lowest BCUT2D eigenvalue weighted by atomic mass is 10.4. The quantitative estimate of drug-likeness (QED) is 0.539. The first-order chi connectivity index (χ1) is 16.2. The van der Waals surface area contributed by atoms with Gasteiger partial charge in [0.15, 0.2) is 0 Å². The molecule has 0 aliphatic carbocycles. The second-order valence-electron chi connectivity index (χ2n) is 4.60. The van der Waals surface area contributed by atoms with Gasteiger partial charge in [0.25, 0.3) is 0 Å². The molecule has 1 rings (SSSR count). The number of nitrogens with one attached hydrogen (secondary N) is 1. The number of anilines is 1. The van der Waals surface area contributed by atoms with E-state index in [1.54, 1.807) is 6.92 Å². The Bertz CT molecular complexity index is 1660. The van der Waals surface area contributed by atoms with E-state index < -0.39 is 5.91 Å². The van der Waals surface area contributed by atoms with Crippen molar-refractivity contribution in [1.82, 2.24) is 0 Å². The van der Waals surface area contributed by atoms with Gasteiger partial charge < -0.3 is 5.32 Å². The third kappa shape index (κ3) is 12.0. The summed E-state index contributed by atoms with van der Waals surface area (Å²) in [6.45, 7) is 15.6. The molecule has 0 fully saturated rings. The van der Waals surface area contributed by atoms with Crippen LogP contribution in [0.25, 0.3) is 9.69 Å². The lowest BCUT2D eigenvalue weighted by Crippen LogP contribution is -2.06. The SMILES string of the molecule is [C-]#[N+]c1cc(NC(=O)C#CC#CC#CC#CC#CC#CC#CC#CC#CC#CC)sc1[N+]#[C-]. The average molecular weight is 431 g/mol. The van der Waals surface area contributed by atoms with Gasteiger partial charge in [-0.05, 0) is 108 Å². The molecule has 0 aromatic carbocycles. The van der Waals surface area contributed by atoms with Gasteiger partial charge >= 0.3 is 5.91 Å². The molecule has 0 aliphatic rings. The van der Waals surface area contributed by atoms with Crippen LogP contribution in [-0.4, -0.2) is 5.91 Å². The first-order valence-corrected chi connectivity index (χ1v) is 9.15. The summed E-state index contributed by atoms with van der Waals surface area (Å²) in [5.41, 5.74) is 0.185. The van der Waals surface area contributed by atoms with Crippen LogP contribution >= 0.6 is 11.3 Å². The van der Waals surface area contributed by atoms with Crippen molar-refractivity contribution in [3.05, 3.63) is 28.9 Å². The topological polar surface area (TPSA) is 37.8 Å². The third-order valence-electron chi connectivity index (χ3n) is 2.52. The van der Waals surface area contributed by atoms with Crippen molar-refractivity contribution < 1.29 is 4.79 Å². The molecule has 0 atom stereocenters. The van der Waals surface area contributed by atoms with Crippen molar-refractivity contribution in [3.8, 4) is 118 Å². The number of hydrogen-bond donors (Lipinski definition) is 1. The maximum absolute atomic E-state index is 11.7. The third-order valence-corrected chi connectivity index (χ3v) is 3.45. The Morgan fingerprint density at radius 2 is 1.15 bits per heavy atom. The zero-order valence-electron chi connectivity index (χ0n) is 16.8. The van der Waals surface area contributed by atoms with Crippen LogP contribution in [0.15, 0.2) is 6.07 Å². The predicted octanol–water partition coefficient (Wildman–Crippen LogP) is 2.84. The van der Waals surface area contributed by atoms with Crippen molar-refractivity contribution >= 4 is 32.9 Å². The fraction of sp³-hybridized carbons (Fsp3) is 0.0357. The minimum Gasteiger partial charge on any atom is -0.309 e. The van der Waals surface area contributed by atoms with Crippen molar-refractivity contribution in [2.75, 3.05) is 5.32 Å². The van der Waals surface area contributed by atoms with Gasteiger partial charge in [0.05, 0.1) is 18.1 Å². The molecule has 1 aromatic rings. The second kappa shape index (κ2) is 16.7. The lowest BCUT2D eigenvalue weighted by molar-refractivity contribution is -0.111. The van der Waals surface area contributed by atoms with Crippen LogP contribution < -0.4 is 5.32 Å². The Morgan fingerprint density at radius 1 is 0.727 bits per heavy atom. The smallest absolute Gasteiger partial charge is 0.301 e. The number of carbonyl (C=O) groups excluding carboxylic acids is 1. The summed E-state index contributed by atoms with van der Waals surface area (Å²) in [6.07, 6.45) is 0. The van der Waals surface area contributed by atoms with Crippen LogP contribution in [0.4, 0.5) is 15.7 Å². The molecule has 0 bridgehead atoms. The standard InChI is InChI=1S/C28H5N3OS/c1-4-5-6-7-8-9-10-11-12-13-14-15-16-17-18-19-20-21-22-23-26(32)31-27-24-25(29-2)28(30-3)33-27/h24H,1H3,(H,31,32). The number of carbonyl (C=O) groups is 1. The molecule has 0 radical (unpaired) electrons. The van der Waals surface area contributed by atoms with Gasteiger partial charge in [0, 0.05) is 17.8 Å². The molecule has 1 aromatic heterocycles. The number of thiophene rings is 1. The van der Waals surface area contributed by atoms with E-state index in [-0.39, 0.29) is 10.7 Å². The molecular formula is C28H5N3OS. The van der Waals surface area contributed by atoms with Crippen LogP contribution in [0.2, 0.25) is 0 Å². The average Bonchev–Trinajstić information content (AvgIpc) is 3.22. The Kier molecular flexibility index (Phi) is 12.5. The molecular weight excluding hydrogens is 426 g/mol. The van der Waals surface area contributed by atoms with E-state index in [2.05, 4.69) is 133 Å². The van der Waals surface area contributed by atoms with E-state index in [1.807, 2.05) is 0 Å². The highest BCUT2D eigenvalue weighted by Gasteiger charge is 2.09. The number of amides is 1. The summed E-state index contributed by atoms with van der Waals surface area (Å²) in [5.74, 6) is 48.7. The van der Waals surface area contributed by atoms with Crippen LogP contribution in [0.5, 0.6) is 0 Å². The predicted molar refractivity (Wildman–Crippen MR) is 129 cm³/mol. The Morgan fingerprint density at radius 3 is 1.52 bits per heavy atom. The molecule has 0 unspecified atom stereocenters. The zero-order valence-corrected chi connectivity index (χ0v) is 17.6. The van der Waals surface area contributed by atoms with E-state index in [1.165, 1.54) is 6.07 Å². The van der Waals surface area contributed by atoms with Gasteiger partial charge in [-0.3, -0.25) is 4.79 Å². The highest BCUT2D eigenvalue weighted by molar-refractivity contribution is 7.21. The molecule has 33 heavy (non-hydrogen) atoms. The maximum Gasteiger partial charge on any atom is 0.301 e. The van der Waals surface area contributed by atoms with Crippen LogP contribution in [0.1, 0.15) is 6.92 Å². The number of rotatable bonds is 1. The molecule has 0 saturated heterocycles. The second-order valence-corrected chi connectivity index (χ2v) is 5.63. The maximum atomic E-state index is 11.7. The number of hydrogen-bond acceptors (Lipinski definition) is 2. The van der Waals surface area contributed by atoms with Crippen molar-refractivity contribution in [1.29, 1.82) is 0 Å². The van der Waals surface area contributed by atoms with Crippen LogP contribution in [0, 0.1) is 132 Å². The molecule has 144 valence electrons. The van der Waals surface area contributed by atoms with Crippen molar-refractivity contribution in [3.63, 3.8) is 0 Å². The van der Waals surface area contributed by atoms with Gasteiger partial charge in [-0.2, -0.15) is 0 Å². The van der Waals surface area contributed by atoms with E-state index in [0.29, 0.717) is 5.00 Å². The lowest BCUT2D eigenvalue weighted by Gasteiger charge is -1.93. The molecule has 0 aliphatic heterocycles. The minimum atomic E-state index is -0.616. The highest BCUT2D eigenvalue weighted by Crippen LogP contribution is 2.40. The zero-order chi connectivity index (χ0) is 24.0. The van der Waals surface area contributed by atoms with Crippen LogP contribution in [0.3, 0.4) is 0 Å². The molecule has 4 nitrogen and oxygen atoms in total. The minimum absolute atomic E-state index is 0.185. The first kappa shape index (κ1) is 24.8. The Balaban J connectivity index is 2.50. The summed E-state index contributed by atoms with van der Waals surface area (Å²) in [4.78, 5) is 18.1. The summed E-state index contributed by atoms with van der Waals surface area (Å²) < 4.78 is 0. The fourth-order valence-electron chi connectivity index (χ4n) is 1.39. The van der Waals surface area contributed by atoms with Gasteiger partial charge in [0.2, 0.25) is 10.7 Å². The summed E-state index contributed by atoms with van der Waals surface area (Å²) in [6, 6.07) is 1.42. The molecule has 1 N–H and O–H groups in total. The van der Waals surface area contributed by atoms with E-state index in [4.69, 9.17) is 13.1 Å². The van der Waals surface area contributed by atoms with E-state index in [0.717, 1.165) is 11.3 Å². The van der Waals surface area contributed by atoms with Gasteiger partial charge in [-0.25, -0.2) is 9.69 Å². The molecule has 0 spiro atoms. The van der Waals surface area contributed by atoms with Gasteiger partial charge in [-0.1, -0.05) is 5.92 Å². The van der Waals surface area contributed by atoms with Crippen molar-refractivity contribution in [2.24, 2.45) is 0 Å². The summed E-state index contributed by atoms with van der Waals surface area (Å²) in [5, 5.41) is 3.05. The normalized spacial score (nSPS) is 5.79. The Labute approximate surface area is 197 Å². The number of nitrogens with zero attached hydrogens (tertiary/aromatic N) is 2. The molecule has 0 saturated carbocycles. The molecule has 1 heterocycles. The molecule has 5 heteroatoms. The monoisotopic (exact) mass is 431 g/mol. The Hall–Kier alpha value is -6.25. The summed E-state index contributed by atoms with van der Waals surface area (Å²) in [7, 11) is 0. The fourth-order valence-corrected chi connectivity index (χ4v) is 2.16. The van der Waals surface area contributed by atoms with E-state index in [9.17, 15) is 4.79 Å². The summed E-state index contributed by atoms with van der Waals surface area (Å²) >= 11 is 0.999. The van der Waals surface area contributed by atoms with Crippen molar-refractivity contribution in [2.45, 2.75) is 6.92 Å². The highest BCUT2D eigenvalue weighted by atomic mass is 32.1. The largest absolute Gasteiger partial charge is 0.309 e. The first-order valence-electron chi connectivity index (χ1n) is 8.33. The van der Waals surface area contributed by atoms with Gasteiger partial charge in [-0.15, -0.1) is 11.3 Å².